The summed E-state index contributed by atoms with van der Waals surface area (Å²) in [5.41, 5.74) is 3.92. The van der Waals surface area contributed by atoms with Gasteiger partial charge in [-0.15, -0.1) is 5.10 Å². The monoisotopic (exact) mass is 401 g/mol. The summed E-state index contributed by atoms with van der Waals surface area (Å²) in [4.78, 5) is 13.5. The summed E-state index contributed by atoms with van der Waals surface area (Å²) in [6.07, 6.45) is 3.35. The standard InChI is InChI=1S/C19H21F2N7O/c1-12-24-15-5-4-14(25-17(15)27(12)8-9-29-3)13-6-7-28-16(13)10-22-18(26-28)23-11-19(2,20)21/h4-7,10H,8-9,11H2,1-3H3,(H,23,26). The Labute approximate surface area is 165 Å². The first-order chi connectivity index (χ1) is 13.9. The smallest absolute Gasteiger partial charge is 0.262 e. The summed E-state index contributed by atoms with van der Waals surface area (Å²) in [5.74, 6) is -1.84. The molecule has 0 saturated heterocycles. The third kappa shape index (κ3) is 3.88. The Morgan fingerprint density at radius 2 is 2.03 bits per heavy atom. The number of methoxy groups -OCH3 is 1. The molecule has 0 aliphatic heterocycles. The van der Waals surface area contributed by atoms with Gasteiger partial charge < -0.3 is 14.6 Å². The molecule has 0 unspecified atom stereocenters. The molecule has 4 heterocycles. The van der Waals surface area contributed by atoms with Crippen molar-refractivity contribution < 1.29 is 13.5 Å². The number of hydrogen-bond donors (Lipinski definition) is 1. The van der Waals surface area contributed by atoms with Crippen LogP contribution in [0.15, 0.2) is 30.6 Å². The molecule has 29 heavy (non-hydrogen) atoms. The van der Waals surface area contributed by atoms with E-state index in [1.807, 2.05) is 29.7 Å². The van der Waals surface area contributed by atoms with Crippen LogP contribution in [0.4, 0.5) is 14.7 Å². The number of nitrogens with zero attached hydrogens (tertiary/aromatic N) is 6. The summed E-state index contributed by atoms with van der Waals surface area (Å²) in [7, 11) is 1.66. The van der Waals surface area contributed by atoms with Crippen LogP contribution in [0, 0.1) is 6.92 Å². The van der Waals surface area contributed by atoms with Crippen molar-refractivity contribution in [3.8, 4) is 11.3 Å². The average Bonchev–Trinajstić information content (AvgIpc) is 3.23. The maximum absolute atomic E-state index is 13.0. The van der Waals surface area contributed by atoms with Gasteiger partial charge in [0, 0.05) is 32.3 Å². The molecule has 152 valence electrons. The van der Waals surface area contributed by atoms with E-state index < -0.39 is 12.5 Å². The quantitative estimate of drug-likeness (QED) is 0.512. The molecule has 4 aromatic rings. The van der Waals surface area contributed by atoms with E-state index in [-0.39, 0.29) is 5.95 Å². The van der Waals surface area contributed by atoms with Crippen LogP contribution < -0.4 is 5.32 Å². The molecular weight excluding hydrogens is 380 g/mol. The van der Waals surface area contributed by atoms with Crippen molar-refractivity contribution in [1.82, 2.24) is 29.1 Å². The lowest BCUT2D eigenvalue weighted by Crippen LogP contribution is -2.24. The van der Waals surface area contributed by atoms with Crippen LogP contribution in [0.5, 0.6) is 0 Å². The Bertz CT molecular complexity index is 1160. The maximum atomic E-state index is 13.0. The minimum absolute atomic E-state index is 0.137. The van der Waals surface area contributed by atoms with Crippen molar-refractivity contribution in [1.29, 1.82) is 0 Å². The van der Waals surface area contributed by atoms with E-state index in [4.69, 9.17) is 9.72 Å². The van der Waals surface area contributed by atoms with Crippen LogP contribution in [-0.2, 0) is 11.3 Å². The lowest BCUT2D eigenvalue weighted by Gasteiger charge is -2.11. The van der Waals surface area contributed by atoms with Gasteiger partial charge in [0.05, 0.1) is 30.6 Å². The first-order valence-corrected chi connectivity index (χ1v) is 9.15. The fraction of sp³-hybridized carbons (Fsp3) is 0.368. The zero-order valence-electron chi connectivity index (χ0n) is 16.4. The summed E-state index contributed by atoms with van der Waals surface area (Å²) in [6.45, 7) is 3.47. The number of pyridine rings is 1. The molecule has 0 saturated carbocycles. The van der Waals surface area contributed by atoms with Gasteiger partial charge in [-0.2, -0.15) is 0 Å². The first-order valence-electron chi connectivity index (χ1n) is 9.15. The van der Waals surface area contributed by atoms with Gasteiger partial charge in [-0.25, -0.2) is 28.2 Å². The number of aromatic nitrogens is 6. The molecule has 4 aromatic heterocycles. The Kier molecular flexibility index (Phi) is 4.87. The molecule has 0 bridgehead atoms. The largest absolute Gasteiger partial charge is 0.383 e. The van der Waals surface area contributed by atoms with Gasteiger partial charge in [-0.1, -0.05) is 0 Å². The molecule has 1 N–H and O–H groups in total. The van der Waals surface area contributed by atoms with Crippen molar-refractivity contribution in [3.63, 3.8) is 0 Å². The normalized spacial score (nSPS) is 12.2. The summed E-state index contributed by atoms with van der Waals surface area (Å²) in [6, 6.07) is 5.70. The van der Waals surface area contributed by atoms with Gasteiger partial charge in [0.15, 0.2) is 5.65 Å². The molecule has 0 radical (unpaired) electrons. The molecule has 0 aliphatic carbocycles. The van der Waals surface area contributed by atoms with E-state index in [2.05, 4.69) is 20.4 Å². The van der Waals surface area contributed by atoms with E-state index in [1.54, 1.807) is 24.0 Å². The third-order valence-electron chi connectivity index (χ3n) is 4.55. The van der Waals surface area contributed by atoms with Crippen LogP contribution in [0.25, 0.3) is 27.9 Å². The Morgan fingerprint density at radius 1 is 1.21 bits per heavy atom. The predicted octanol–water partition coefficient (Wildman–Crippen LogP) is 3.16. The number of nitrogens with one attached hydrogen (secondary N) is 1. The highest BCUT2D eigenvalue weighted by Gasteiger charge is 2.21. The van der Waals surface area contributed by atoms with Crippen molar-refractivity contribution in [2.75, 3.05) is 25.6 Å². The van der Waals surface area contributed by atoms with Gasteiger partial charge in [0.1, 0.15) is 11.3 Å². The molecule has 0 amide bonds. The number of anilines is 1. The van der Waals surface area contributed by atoms with Crippen LogP contribution >= 0.6 is 0 Å². The van der Waals surface area contributed by atoms with E-state index in [0.29, 0.717) is 13.2 Å². The number of halogens is 2. The van der Waals surface area contributed by atoms with Gasteiger partial charge in [0.25, 0.3) is 5.92 Å². The zero-order chi connectivity index (χ0) is 20.6. The van der Waals surface area contributed by atoms with E-state index >= 15 is 0 Å². The number of imidazole rings is 1. The predicted molar refractivity (Wildman–Crippen MR) is 105 cm³/mol. The van der Waals surface area contributed by atoms with Crippen molar-refractivity contribution in [3.05, 3.63) is 36.4 Å². The van der Waals surface area contributed by atoms with Crippen molar-refractivity contribution in [2.24, 2.45) is 0 Å². The lowest BCUT2D eigenvalue weighted by molar-refractivity contribution is 0.0365. The van der Waals surface area contributed by atoms with Crippen LogP contribution in [-0.4, -0.2) is 55.3 Å². The topological polar surface area (TPSA) is 82.2 Å². The highest BCUT2D eigenvalue weighted by molar-refractivity contribution is 5.82. The lowest BCUT2D eigenvalue weighted by atomic mass is 10.2. The summed E-state index contributed by atoms with van der Waals surface area (Å²) >= 11 is 0. The van der Waals surface area contributed by atoms with Crippen LogP contribution in [0.1, 0.15) is 12.7 Å². The number of ether oxygens (including phenoxy) is 1. The van der Waals surface area contributed by atoms with Gasteiger partial charge >= 0.3 is 0 Å². The fourth-order valence-electron chi connectivity index (χ4n) is 3.15. The van der Waals surface area contributed by atoms with Crippen LogP contribution in [0.2, 0.25) is 0 Å². The molecule has 0 fully saturated rings. The Morgan fingerprint density at radius 3 is 2.79 bits per heavy atom. The van der Waals surface area contributed by atoms with E-state index in [9.17, 15) is 8.78 Å². The molecule has 0 atom stereocenters. The summed E-state index contributed by atoms with van der Waals surface area (Å²) in [5, 5.41) is 6.80. The number of fused-ring (bicyclic) bond motifs is 2. The first kappa shape index (κ1) is 19.2. The Balaban J connectivity index is 1.69. The third-order valence-corrected chi connectivity index (χ3v) is 4.55. The molecular formula is C19H21F2N7O. The molecule has 0 spiro atoms. The van der Waals surface area contributed by atoms with Gasteiger partial charge in [-0.3, -0.25) is 0 Å². The van der Waals surface area contributed by atoms with Gasteiger partial charge in [-0.05, 0) is 25.1 Å². The second-order valence-corrected chi connectivity index (χ2v) is 6.91. The number of alkyl halides is 2. The Hall–Kier alpha value is -3.14. The van der Waals surface area contributed by atoms with E-state index in [1.165, 1.54) is 0 Å². The van der Waals surface area contributed by atoms with Crippen molar-refractivity contribution >= 4 is 22.6 Å². The number of aryl methyl sites for hydroxylation is 1. The number of hydrogen-bond acceptors (Lipinski definition) is 6. The molecule has 4 rings (SSSR count). The maximum Gasteiger partial charge on any atom is 0.262 e. The summed E-state index contributed by atoms with van der Waals surface area (Å²) < 4.78 is 34.9. The SMILES string of the molecule is COCCn1c(C)nc2ccc(-c3ccn4nc(NCC(C)(F)F)ncc34)nc21. The minimum atomic E-state index is -2.84. The fourth-order valence-corrected chi connectivity index (χ4v) is 3.15. The second kappa shape index (κ2) is 7.36. The second-order valence-electron chi connectivity index (χ2n) is 6.91. The molecule has 10 heteroatoms. The van der Waals surface area contributed by atoms with E-state index in [0.717, 1.165) is 40.7 Å². The minimum Gasteiger partial charge on any atom is -0.383 e. The number of rotatable bonds is 7. The average molecular weight is 401 g/mol. The molecule has 8 nitrogen and oxygen atoms in total. The molecule has 0 aliphatic rings. The highest BCUT2D eigenvalue weighted by atomic mass is 19.3. The zero-order valence-corrected chi connectivity index (χ0v) is 16.4. The van der Waals surface area contributed by atoms with Crippen LogP contribution in [0.3, 0.4) is 0 Å². The highest BCUT2D eigenvalue weighted by Crippen LogP contribution is 2.26. The van der Waals surface area contributed by atoms with Crippen molar-refractivity contribution in [2.45, 2.75) is 26.3 Å². The van der Waals surface area contributed by atoms with Gasteiger partial charge in [0.2, 0.25) is 5.95 Å². The molecule has 0 aromatic carbocycles.